The van der Waals surface area contributed by atoms with E-state index in [9.17, 15) is 13.2 Å². The molecule has 2 rings (SSSR count). The monoisotopic (exact) mass is 298 g/mol. The van der Waals surface area contributed by atoms with Crippen molar-refractivity contribution in [2.75, 3.05) is 13.6 Å². The standard InChI is InChI=1S/C12H14N2O3S2/c1-8-12(9-5-3-4-6-10(9)18-8)19(16,17)14(2)7-11(13)15/h3-6H,7H2,1-2H3,(H2,13,15). The predicted molar refractivity (Wildman–Crippen MR) is 75.6 cm³/mol. The molecule has 1 amide bonds. The number of aryl methyl sites for hydroxylation is 1. The van der Waals surface area contributed by atoms with Gasteiger partial charge in [-0.15, -0.1) is 11.3 Å². The van der Waals surface area contributed by atoms with Crippen molar-refractivity contribution >= 4 is 37.4 Å². The van der Waals surface area contributed by atoms with Crippen molar-refractivity contribution in [3.8, 4) is 0 Å². The van der Waals surface area contributed by atoms with Gasteiger partial charge in [-0.3, -0.25) is 4.79 Å². The summed E-state index contributed by atoms with van der Waals surface area (Å²) in [7, 11) is -2.35. The van der Waals surface area contributed by atoms with Gasteiger partial charge in [0.2, 0.25) is 15.9 Å². The lowest BCUT2D eigenvalue weighted by molar-refractivity contribution is -0.118. The maximum absolute atomic E-state index is 12.5. The zero-order valence-corrected chi connectivity index (χ0v) is 12.2. The molecule has 2 N–H and O–H groups in total. The first kappa shape index (κ1) is 14.0. The number of likely N-dealkylation sites (N-methyl/N-ethyl adjacent to an activating group) is 1. The summed E-state index contributed by atoms with van der Waals surface area (Å²) < 4.78 is 26.9. The van der Waals surface area contributed by atoms with Crippen LogP contribution < -0.4 is 5.73 Å². The van der Waals surface area contributed by atoms with Crippen LogP contribution in [-0.4, -0.2) is 32.2 Å². The van der Waals surface area contributed by atoms with E-state index < -0.39 is 15.9 Å². The molecule has 0 atom stereocenters. The number of nitrogens with zero attached hydrogens (tertiary/aromatic N) is 1. The summed E-state index contributed by atoms with van der Waals surface area (Å²) in [5, 5.41) is 0.682. The number of fused-ring (bicyclic) bond motifs is 1. The Balaban J connectivity index is 2.60. The molecular formula is C12H14N2O3S2. The van der Waals surface area contributed by atoms with Crippen molar-refractivity contribution in [2.24, 2.45) is 5.73 Å². The lowest BCUT2D eigenvalue weighted by Crippen LogP contribution is -2.35. The Morgan fingerprint density at radius 2 is 2.00 bits per heavy atom. The van der Waals surface area contributed by atoms with Crippen LogP contribution in [0, 0.1) is 6.92 Å². The van der Waals surface area contributed by atoms with E-state index in [1.54, 1.807) is 19.1 Å². The third-order valence-corrected chi connectivity index (χ3v) is 5.97. The molecular weight excluding hydrogens is 284 g/mol. The van der Waals surface area contributed by atoms with Gasteiger partial charge in [0.25, 0.3) is 0 Å². The van der Waals surface area contributed by atoms with Crippen LogP contribution in [0.3, 0.4) is 0 Å². The maximum Gasteiger partial charge on any atom is 0.245 e. The van der Waals surface area contributed by atoms with Gasteiger partial charge in [-0.05, 0) is 13.0 Å². The Morgan fingerprint density at radius 3 is 2.63 bits per heavy atom. The lowest BCUT2D eigenvalue weighted by Gasteiger charge is -2.15. The smallest absolute Gasteiger partial charge is 0.245 e. The summed E-state index contributed by atoms with van der Waals surface area (Å²) in [5.41, 5.74) is 5.05. The van der Waals surface area contributed by atoms with Gasteiger partial charge in [0, 0.05) is 22.0 Å². The normalized spacial score (nSPS) is 12.2. The van der Waals surface area contributed by atoms with Gasteiger partial charge in [-0.25, -0.2) is 8.42 Å². The van der Waals surface area contributed by atoms with Crippen molar-refractivity contribution in [2.45, 2.75) is 11.8 Å². The van der Waals surface area contributed by atoms with Crippen LogP contribution in [0.4, 0.5) is 0 Å². The summed E-state index contributed by atoms with van der Waals surface area (Å²) in [6.07, 6.45) is 0. The highest BCUT2D eigenvalue weighted by atomic mass is 32.2. The second-order valence-corrected chi connectivity index (χ2v) is 7.45. The van der Waals surface area contributed by atoms with Crippen LogP contribution >= 0.6 is 11.3 Å². The van der Waals surface area contributed by atoms with Crippen molar-refractivity contribution in [1.82, 2.24) is 4.31 Å². The van der Waals surface area contributed by atoms with Gasteiger partial charge in [-0.2, -0.15) is 4.31 Å². The number of benzene rings is 1. The molecule has 19 heavy (non-hydrogen) atoms. The van der Waals surface area contributed by atoms with E-state index in [1.807, 2.05) is 12.1 Å². The molecule has 0 saturated heterocycles. The summed E-state index contributed by atoms with van der Waals surface area (Å²) >= 11 is 1.42. The topological polar surface area (TPSA) is 80.5 Å². The van der Waals surface area contributed by atoms with Crippen molar-refractivity contribution in [1.29, 1.82) is 0 Å². The van der Waals surface area contributed by atoms with E-state index >= 15 is 0 Å². The molecule has 1 aromatic carbocycles. The lowest BCUT2D eigenvalue weighted by atomic mass is 10.2. The minimum Gasteiger partial charge on any atom is -0.369 e. The Labute approximate surface area is 115 Å². The number of carbonyl (C=O) groups excluding carboxylic acids is 1. The molecule has 0 radical (unpaired) electrons. The second-order valence-electron chi connectivity index (χ2n) is 4.21. The maximum atomic E-state index is 12.5. The van der Waals surface area contributed by atoms with E-state index in [1.165, 1.54) is 18.4 Å². The van der Waals surface area contributed by atoms with Gasteiger partial charge >= 0.3 is 0 Å². The van der Waals surface area contributed by atoms with Gasteiger partial charge < -0.3 is 5.73 Å². The summed E-state index contributed by atoms with van der Waals surface area (Å²) in [6.45, 7) is 1.43. The van der Waals surface area contributed by atoms with Crippen molar-refractivity contribution < 1.29 is 13.2 Å². The fourth-order valence-corrected chi connectivity index (χ4v) is 4.82. The second kappa shape index (κ2) is 4.92. The Morgan fingerprint density at radius 1 is 1.37 bits per heavy atom. The number of rotatable bonds is 4. The molecule has 102 valence electrons. The molecule has 5 nitrogen and oxygen atoms in total. The van der Waals surface area contributed by atoms with Crippen LogP contribution in [0.15, 0.2) is 29.2 Å². The number of amides is 1. The molecule has 0 aliphatic carbocycles. The van der Waals surface area contributed by atoms with Gasteiger partial charge in [0.05, 0.1) is 6.54 Å². The first-order valence-electron chi connectivity index (χ1n) is 5.57. The predicted octanol–water partition coefficient (Wildman–Crippen LogP) is 1.32. The first-order chi connectivity index (χ1) is 8.84. The quantitative estimate of drug-likeness (QED) is 0.924. The van der Waals surface area contributed by atoms with Crippen LogP contribution in [0.5, 0.6) is 0 Å². The molecule has 0 fully saturated rings. The Hall–Kier alpha value is -1.44. The van der Waals surface area contributed by atoms with Crippen molar-refractivity contribution in [3.63, 3.8) is 0 Å². The van der Waals surface area contributed by atoms with Crippen LogP contribution in [-0.2, 0) is 14.8 Å². The molecule has 0 spiro atoms. The number of primary amides is 1. The SMILES string of the molecule is Cc1sc2ccccc2c1S(=O)(=O)N(C)CC(N)=O. The minimum absolute atomic E-state index is 0.261. The number of nitrogens with two attached hydrogens (primary N) is 1. The third-order valence-electron chi connectivity index (χ3n) is 2.76. The van der Waals surface area contributed by atoms with E-state index in [0.717, 1.165) is 9.01 Å². The average Bonchev–Trinajstić information content (AvgIpc) is 2.64. The summed E-state index contributed by atoms with van der Waals surface area (Å²) in [4.78, 5) is 11.9. The molecule has 7 heteroatoms. The Kier molecular flexibility index (Phi) is 3.62. The molecule has 0 bridgehead atoms. The van der Waals surface area contributed by atoms with E-state index in [-0.39, 0.29) is 11.4 Å². The number of thiophene rings is 1. The van der Waals surface area contributed by atoms with Gasteiger partial charge in [-0.1, -0.05) is 18.2 Å². The zero-order chi connectivity index (χ0) is 14.2. The van der Waals surface area contributed by atoms with Crippen LogP contribution in [0.1, 0.15) is 4.88 Å². The number of sulfonamides is 1. The fourth-order valence-electron chi connectivity index (χ4n) is 1.93. The molecule has 2 aromatic rings. The number of hydrogen-bond acceptors (Lipinski definition) is 4. The first-order valence-corrected chi connectivity index (χ1v) is 7.82. The number of carbonyl (C=O) groups is 1. The molecule has 0 saturated carbocycles. The minimum atomic E-state index is -3.71. The molecule has 0 aliphatic heterocycles. The third kappa shape index (κ3) is 2.49. The largest absolute Gasteiger partial charge is 0.369 e. The molecule has 1 heterocycles. The molecule has 0 aliphatic rings. The highest BCUT2D eigenvalue weighted by Gasteiger charge is 2.27. The highest BCUT2D eigenvalue weighted by Crippen LogP contribution is 2.35. The van der Waals surface area contributed by atoms with Crippen LogP contribution in [0.25, 0.3) is 10.1 Å². The summed E-state index contributed by atoms with van der Waals surface area (Å²) in [5.74, 6) is -0.678. The molecule has 0 unspecified atom stereocenters. The van der Waals surface area contributed by atoms with E-state index in [0.29, 0.717) is 10.3 Å². The Bertz CT molecular complexity index is 735. The fraction of sp³-hybridized carbons (Fsp3) is 0.250. The zero-order valence-electron chi connectivity index (χ0n) is 10.6. The van der Waals surface area contributed by atoms with Gasteiger partial charge in [0.15, 0.2) is 0 Å². The van der Waals surface area contributed by atoms with Crippen LogP contribution in [0.2, 0.25) is 0 Å². The van der Waals surface area contributed by atoms with E-state index in [4.69, 9.17) is 5.73 Å². The summed E-state index contributed by atoms with van der Waals surface area (Å²) in [6, 6.07) is 7.30. The van der Waals surface area contributed by atoms with E-state index in [2.05, 4.69) is 0 Å². The molecule has 1 aromatic heterocycles. The van der Waals surface area contributed by atoms with Gasteiger partial charge in [0.1, 0.15) is 4.90 Å². The average molecular weight is 298 g/mol. The highest BCUT2D eigenvalue weighted by molar-refractivity contribution is 7.89. The van der Waals surface area contributed by atoms with Crippen molar-refractivity contribution in [3.05, 3.63) is 29.1 Å². The number of hydrogen-bond donors (Lipinski definition) is 1.